The molecule has 4 N–H and O–H groups in total. The van der Waals surface area contributed by atoms with Gasteiger partial charge in [0.05, 0.1) is 5.60 Å². The largest absolute Gasteiger partial charge is 0.387 e. The summed E-state index contributed by atoms with van der Waals surface area (Å²) in [6.45, 7) is 3.05. The van der Waals surface area contributed by atoms with Gasteiger partial charge < -0.3 is 20.4 Å². The van der Waals surface area contributed by atoms with Gasteiger partial charge in [0.15, 0.2) is 5.78 Å². The fourth-order valence-corrected chi connectivity index (χ4v) is 1.31. The molecule has 0 saturated heterocycles. The summed E-state index contributed by atoms with van der Waals surface area (Å²) in [5.74, 6) is -0.668. The van der Waals surface area contributed by atoms with E-state index in [0.717, 1.165) is 6.08 Å². The summed E-state index contributed by atoms with van der Waals surface area (Å²) < 4.78 is 0. The van der Waals surface area contributed by atoms with Crippen LogP contribution in [0.4, 0.5) is 0 Å². The van der Waals surface area contributed by atoms with E-state index in [0.29, 0.717) is 0 Å². The zero-order valence-electron chi connectivity index (χ0n) is 9.16. The van der Waals surface area contributed by atoms with E-state index in [2.05, 4.69) is 0 Å². The Morgan fingerprint density at radius 3 is 2.38 bits per heavy atom. The SMILES string of the molecule is CC(C)(O)C=CC1=CC(O)C(O)C(O)C1=O. The molecule has 0 aliphatic heterocycles. The van der Waals surface area contributed by atoms with Crippen LogP contribution in [-0.2, 0) is 4.79 Å². The van der Waals surface area contributed by atoms with Crippen LogP contribution in [-0.4, -0.2) is 50.1 Å². The Morgan fingerprint density at radius 1 is 1.31 bits per heavy atom. The minimum atomic E-state index is -1.62. The molecule has 0 fully saturated rings. The van der Waals surface area contributed by atoms with Gasteiger partial charge in [-0.05, 0) is 19.9 Å². The van der Waals surface area contributed by atoms with Crippen LogP contribution in [0.2, 0.25) is 0 Å². The number of rotatable bonds is 2. The molecule has 0 bridgehead atoms. The summed E-state index contributed by atoms with van der Waals surface area (Å²) >= 11 is 0. The molecular weight excluding hydrogens is 212 g/mol. The van der Waals surface area contributed by atoms with Gasteiger partial charge in [-0.1, -0.05) is 12.2 Å². The highest BCUT2D eigenvalue weighted by Crippen LogP contribution is 2.18. The summed E-state index contributed by atoms with van der Waals surface area (Å²) in [4.78, 5) is 11.5. The number of allylic oxidation sites excluding steroid dienone is 1. The molecule has 5 nitrogen and oxygen atoms in total. The summed E-state index contributed by atoms with van der Waals surface area (Å²) in [6, 6.07) is 0. The van der Waals surface area contributed by atoms with E-state index in [1.54, 1.807) is 0 Å². The predicted octanol–water partition coefficient (Wildman–Crippen LogP) is -1.09. The van der Waals surface area contributed by atoms with Gasteiger partial charge in [0.25, 0.3) is 0 Å². The average molecular weight is 228 g/mol. The second-order valence-electron chi connectivity index (χ2n) is 4.40. The summed E-state index contributed by atoms with van der Waals surface area (Å²) in [5.41, 5.74) is -1.01. The van der Waals surface area contributed by atoms with Gasteiger partial charge in [0.2, 0.25) is 0 Å². The van der Waals surface area contributed by atoms with Gasteiger partial charge >= 0.3 is 0 Å². The fourth-order valence-electron chi connectivity index (χ4n) is 1.31. The van der Waals surface area contributed by atoms with Crippen LogP contribution in [0.25, 0.3) is 0 Å². The molecule has 0 spiro atoms. The quantitative estimate of drug-likeness (QED) is 0.481. The predicted molar refractivity (Wildman–Crippen MR) is 56.5 cm³/mol. The highest BCUT2D eigenvalue weighted by molar-refractivity contribution is 6.02. The Labute approximate surface area is 93.3 Å². The number of ketones is 1. The monoisotopic (exact) mass is 228 g/mol. The van der Waals surface area contributed by atoms with Crippen LogP contribution in [0.1, 0.15) is 13.8 Å². The fraction of sp³-hybridized carbons (Fsp3) is 0.545. The maximum absolute atomic E-state index is 11.5. The van der Waals surface area contributed by atoms with E-state index in [1.807, 2.05) is 0 Å². The van der Waals surface area contributed by atoms with Crippen LogP contribution in [0.15, 0.2) is 23.8 Å². The molecule has 1 aliphatic rings. The highest BCUT2D eigenvalue weighted by atomic mass is 16.4. The summed E-state index contributed by atoms with van der Waals surface area (Å²) in [6.07, 6.45) is -0.557. The van der Waals surface area contributed by atoms with E-state index >= 15 is 0 Å². The minimum absolute atomic E-state index is 0.0763. The Morgan fingerprint density at radius 2 is 1.88 bits per heavy atom. The zero-order valence-corrected chi connectivity index (χ0v) is 9.16. The number of hydrogen-bond acceptors (Lipinski definition) is 5. The lowest BCUT2D eigenvalue weighted by Gasteiger charge is -2.25. The van der Waals surface area contributed by atoms with Crippen molar-refractivity contribution in [2.24, 2.45) is 0 Å². The van der Waals surface area contributed by atoms with Crippen molar-refractivity contribution in [1.29, 1.82) is 0 Å². The van der Waals surface area contributed by atoms with Crippen molar-refractivity contribution in [2.75, 3.05) is 0 Å². The summed E-state index contributed by atoms with van der Waals surface area (Å²) in [5, 5.41) is 37.3. The molecule has 3 atom stereocenters. The Kier molecular flexibility index (Phi) is 3.64. The second-order valence-corrected chi connectivity index (χ2v) is 4.40. The molecule has 3 unspecified atom stereocenters. The Bertz CT molecular complexity index is 337. The molecule has 16 heavy (non-hydrogen) atoms. The van der Waals surface area contributed by atoms with Crippen molar-refractivity contribution >= 4 is 5.78 Å². The highest BCUT2D eigenvalue weighted by Gasteiger charge is 2.35. The Hall–Kier alpha value is -1.01. The second kappa shape index (κ2) is 4.47. The van der Waals surface area contributed by atoms with Crippen molar-refractivity contribution in [1.82, 2.24) is 0 Å². The van der Waals surface area contributed by atoms with E-state index < -0.39 is 29.7 Å². The van der Waals surface area contributed by atoms with Crippen LogP contribution < -0.4 is 0 Å². The van der Waals surface area contributed by atoms with E-state index in [9.17, 15) is 25.2 Å². The van der Waals surface area contributed by atoms with Crippen molar-refractivity contribution in [3.8, 4) is 0 Å². The van der Waals surface area contributed by atoms with Gasteiger partial charge in [-0.15, -0.1) is 0 Å². The molecule has 5 heteroatoms. The lowest BCUT2D eigenvalue weighted by molar-refractivity contribution is -0.134. The maximum Gasteiger partial charge on any atom is 0.193 e. The first-order valence-electron chi connectivity index (χ1n) is 4.94. The molecule has 1 aliphatic carbocycles. The molecule has 0 radical (unpaired) electrons. The first-order valence-corrected chi connectivity index (χ1v) is 4.94. The van der Waals surface area contributed by atoms with Crippen molar-refractivity contribution < 1.29 is 25.2 Å². The third-order valence-electron chi connectivity index (χ3n) is 2.25. The third-order valence-corrected chi connectivity index (χ3v) is 2.25. The number of carbonyl (C=O) groups is 1. The molecule has 0 aromatic heterocycles. The molecule has 0 aromatic carbocycles. The normalized spacial score (nSPS) is 32.0. The lowest BCUT2D eigenvalue weighted by Crippen LogP contribution is -2.45. The maximum atomic E-state index is 11.5. The minimum Gasteiger partial charge on any atom is -0.387 e. The number of aliphatic hydroxyl groups excluding tert-OH is 3. The van der Waals surface area contributed by atoms with Crippen molar-refractivity contribution in [2.45, 2.75) is 37.8 Å². The topological polar surface area (TPSA) is 98.0 Å². The van der Waals surface area contributed by atoms with Gasteiger partial charge in [-0.3, -0.25) is 4.79 Å². The molecule has 0 amide bonds. The van der Waals surface area contributed by atoms with E-state index in [4.69, 9.17) is 0 Å². The van der Waals surface area contributed by atoms with Gasteiger partial charge in [0, 0.05) is 5.57 Å². The van der Waals surface area contributed by atoms with Crippen LogP contribution in [0, 0.1) is 0 Å². The molecule has 0 aromatic rings. The van der Waals surface area contributed by atoms with Crippen LogP contribution >= 0.6 is 0 Å². The standard InChI is InChI=1S/C11H16O5/c1-11(2,16)4-3-6-5-7(12)9(14)10(15)8(6)13/h3-5,7,9-10,12,14-16H,1-2H3. The van der Waals surface area contributed by atoms with Gasteiger partial charge in [-0.25, -0.2) is 0 Å². The summed E-state index contributed by atoms with van der Waals surface area (Å²) in [7, 11) is 0. The molecule has 0 heterocycles. The number of aliphatic hydroxyl groups is 4. The van der Waals surface area contributed by atoms with Crippen molar-refractivity contribution in [3.63, 3.8) is 0 Å². The average Bonchev–Trinajstić information content (AvgIpc) is 2.17. The van der Waals surface area contributed by atoms with E-state index in [-0.39, 0.29) is 5.57 Å². The van der Waals surface area contributed by atoms with Gasteiger partial charge in [0.1, 0.15) is 18.3 Å². The number of hydrogen-bond donors (Lipinski definition) is 4. The van der Waals surface area contributed by atoms with E-state index in [1.165, 1.54) is 26.0 Å². The number of Topliss-reactive ketones (excluding diaryl/α,β-unsaturated/α-hetero) is 1. The van der Waals surface area contributed by atoms with Crippen LogP contribution in [0.3, 0.4) is 0 Å². The third kappa shape index (κ3) is 2.99. The first-order chi connectivity index (χ1) is 7.22. The molecule has 90 valence electrons. The molecular formula is C11H16O5. The molecule has 0 saturated carbocycles. The zero-order chi connectivity index (χ0) is 12.5. The van der Waals surface area contributed by atoms with Crippen molar-refractivity contribution in [3.05, 3.63) is 23.8 Å². The smallest absolute Gasteiger partial charge is 0.193 e. The van der Waals surface area contributed by atoms with Gasteiger partial charge in [-0.2, -0.15) is 0 Å². The number of carbonyl (C=O) groups excluding carboxylic acids is 1. The lowest BCUT2D eigenvalue weighted by atomic mass is 9.90. The van der Waals surface area contributed by atoms with Crippen LogP contribution in [0.5, 0.6) is 0 Å². The first kappa shape index (κ1) is 13.1. The Balaban J connectivity index is 2.93. The molecule has 1 rings (SSSR count).